The molecule has 3 aliphatic heterocycles. The molecule has 0 bridgehead atoms. The van der Waals surface area contributed by atoms with Gasteiger partial charge in [0.25, 0.3) is 0 Å². The second kappa shape index (κ2) is 7.83. The summed E-state index contributed by atoms with van der Waals surface area (Å²) in [7, 11) is 0. The van der Waals surface area contributed by atoms with Gasteiger partial charge < -0.3 is 15.0 Å². The summed E-state index contributed by atoms with van der Waals surface area (Å²) in [6.07, 6.45) is 6.66. The molecule has 0 aromatic heterocycles. The van der Waals surface area contributed by atoms with Crippen LogP contribution in [-0.4, -0.2) is 73.6 Å². The van der Waals surface area contributed by atoms with E-state index in [0.717, 1.165) is 58.5 Å². The number of carbonyl (C=O) groups is 2. The highest BCUT2D eigenvalue weighted by Gasteiger charge is 2.37. The van der Waals surface area contributed by atoms with Crippen LogP contribution >= 0.6 is 0 Å². The fourth-order valence-corrected chi connectivity index (χ4v) is 4.56. The Balaban J connectivity index is 1.51. The van der Waals surface area contributed by atoms with Gasteiger partial charge in [-0.2, -0.15) is 0 Å². The molecule has 0 aromatic rings. The van der Waals surface area contributed by atoms with Crippen LogP contribution in [0.15, 0.2) is 0 Å². The van der Waals surface area contributed by atoms with E-state index in [1.807, 2.05) is 4.90 Å². The van der Waals surface area contributed by atoms with Gasteiger partial charge in [-0.3, -0.25) is 14.5 Å². The van der Waals surface area contributed by atoms with Crippen molar-refractivity contribution in [2.75, 3.05) is 45.9 Å². The molecular formula is C18H31N3O3. The minimum absolute atomic E-state index is 0.00760. The van der Waals surface area contributed by atoms with Crippen LogP contribution in [0.4, 0.5) is 0 Å². The lowest BCUT2D eigenvalue weighted by Gasteiger charge is -2.45. The molecule has 3 heterocycles. The Labute approximate surface area is 144 Å². The highest BCUT2D eigenvalue weighted by molar-refractivity contribution is 5.78. The van der Waals surface area contributed by atoms with Crippen molar-refractivity contribution in [3.05, 3.63) is 0 Å². The van der Waals surface area contributed by atoms with Crippen molar-refractivity contribution < 1.29 is 14.3 Å². The summed E-state index contributed by atoms with van der Waals surface area (Å²) in [5.74, 6) is 0.209. The number of ether oxygens (including phenoxy) is 1. The van der Waals surface area contributed by atoms with Gasteiger partial charge in [-0.1, -0.05) is 0 Å². The molecule has 24 heavy (non-hydrogen) atoms. The van der Waals surface area contributed by atoms with Crippen LogP contribution in [0.25, 0.3) is 0 Å². The largest absolute Gasteiger partial charge is 0.381 e. The number of piperidine rings is 2. The Morgan fingerprint density at radius 3 is 2.71 bits per heavy atom. The molecule has 1 N–H and O–H groups in total. The van der Waals surface area contributed by atoms with E-state index < -0.39 is 0 Å². The summed E-state index contributed by atoms with van der Waals surface area (Å²) < 4.78 is 5.52. The van der Waals surface area contributed by atoms with Crippen molar-refractivity contribution in [2.24, 2.45) is 5.41 Å². The first-order valence-corrected chi connectivity index (χ1v) is 9.41. The van der Waals surface area contributed by atoms with Crippen molar-refractivity contribution in [3.63, 3.8) is 0 Å². The van der Waals surface area contributed by atoms with Gasteiger partial charge in [-0.25, -0.2) is 0 Å². The molecule has 0 radical (unpaired) electrons. The van der Waals surface area contributed by atoms with Gasteiger partial charge in [0.2, 0.25) is 11.8 Å². The fraction of sp³-hybridized carbons (Fsp3) is 0.889. The predicted octanol–water partition coefficient (Wildman–Crippen LogP) is 1.01. The van der Waals surface area contributed by atoms with E-state index in [-0.39, 0.29) is 17.9 Å². The first-order valence-electron chi connectivity index (χ1n) is 9.41. The van der Waals surface area contributed by atoms with Crippen LogP contribution in [0.5, 0.6) is 0 Å². The Bertz CT molecular complexity index is 457. The van der Waals surface area contributed by atoms with Crippen LogP contribution < -0.4 is 5.32 Å². The van der Waals surface area contributed by atoms with Gasteiger partial charge in [0, 0.05) is 45.8 Å². The molecule has 136 valence electrons. The van der Waals surface area contributed by atoms with Crippen LogP contribution in [-0.2, 0) is 14.3 Å². The lowest BCUT2D eigenvalue weighted by Crippen LogP contribution is -2.53. The Morgan fingerprint density at radius 1 is 1.17 bits per heavy atom. The molecule has 3 aliphatic rings. The van der Waals surface area contributed by atoms with Crippen LogP contribution in [0.2, 0.25) is 0 Å². The molecular weight excluding hydrogens is 306 g/mol. The number of hydrogen-bond acceptors (Lipinski definition) is 4. The number of likely N-dealkylation sites (tertiary alicyclic amines) is 2. The van der Waals surface area contributed by atoms with Crippen LogP contribution in [0.3, 0.4) is 0 Å². The summed E-state index contributed by atoms with van der Waals surface area (Å²) in [5, 5.41) is 2.96. The number of rotatable bonds is 3. The molecule has 2 amide bonds. The standard InChI is InChI=1S/C18H31N3O3/c1-15(22)19-16-4-2-9-21(12-16)17(23)13-20-8-3-5-18(14-20)6-10-24-11-7-18/h16H,2-14H2,1H3,(H,19,22). The monoisotopic (exact) mass is 337 g/mol. The van der Waals surface area contributed by atoms with Gasteiger partial charge in [0.05, 0.1) is 6.54 Å². The third kappa shape index (κ3) is 4.48. The minimum atomic E-state index is -0.00760. The summed E-state index contributed by atoms with van der Waals surface area (Å²) in [6, 6.07) is 0.114. The third-order valence-corrected chi connectivity index (χ3v) is 5.83. The topological polar surface area (TPSA) is 61.9 Å². The van der Waals surface area contributed by atoms with Crippen molar-refractivity contribution in [1.29, 1.82) is 0 Å². The second-order valence-corrected chi connectivity index (χ2v) is 7.81. The normalized spacial score (nSPS) is 27.9. The van der Waals surface area contributed by atoms with E-state index in [9.17, 15) is 9.59 Å². The SMILES string of the molecule is CC(=O)NC1CCCN(C(=O)CN2CCCC3(CCOCC3)C2)C1. The van der Waals surface area contributed by atoms with E-state index >= 15 is 0 Å². The van der Waals surface area contributed by atoms with Gasteiger partial charge in [0.15, 0.2) is 0 Å². The number of nitrogens with zero attached hydrogens (tertiary/aromatic N) is 2. The van der Waals surface area contributed by atoms with Crippen LogP contribution in [0, 0.1) is 5.41 Å². The molecule has 1 spiro atoms. The fourth-order valence-electron chi connectivity index (χ4n) is 4.56. The van der Waals surface area contributed by atoms with Gasteiger partial charge in [-0.15, -0.1) is 0 Å². The predicted molar refractivity (Wildman–Crippen MR) is 91.6 cm³/mol. The quantitative estimate of drug-likeness (QED) is 0.835. The highest BCUT2D eigenvalue weighted by atomic mass is 16.5. The van der Waals surface area contributed by atoms with Crippen LogP contribution in [0.1, 0.15) is 45.4 Å². The maximum atomic E-state index is 12.7. The van der Waals surface area contributed by atoms with E-state index in [2.05, 4.69) is 10.2 Å². The average Bonchev–Trinajstić information content (AvgIpc) is 2.55. The smallest absolute Gasteiger partial charge is 0.236 e. The van der Waals surface area contributed by atoms with E-state index in [4.69, 9.17) is 4.74 Å². The molecule has 6 heteroatoms. The average molecular weight is 337 g/mol. The maximum Gasteiger partial charge on any atom is 0.236 e. The number of hydrogen-bond donors (Lipinski definition) is 1. The first-order chi connectivity index (χ1) is 11.6. The molecule has 3 rings (SSSR count). The van der Waals surface area contributed by atoms with E-state index in [0.29, 0.717) is 18.5 Å². The molecule has 3 saturated heterocycles. The number of amides is 2. The highest BCUT2D eigenvalue weighted by Crippen LogP contribution is 2.39. The van der Waals surface area contributed by atoms with Gasteiger partial charge in [-0.05, 0) is 50.5 Å². The zero-order chi connectivity index (χ0) is 17.0. The third-order valence-electron chi connectivity index (χ3n) is 5.83. The summed E-state index contributed by atoms with van der Waals surface area (Å²) in [6.45, 7) is 7.34. The second-order valence-electron chi connectivity index (χ2n) is 7.81. The Hall–Kier alpha value is -1.14. The number of carbonyl (C=O) groups excluding carboxylic acids is 2. The molecule has 6 nitrogen and oxygen atoms in total. The molecule has 3 fully saturated rings. The van der Waals surface area contributed by atoms with Crippen molar-refractivity contribution in [1.82, 2.24) is 15.1 Å². The summed E-state index contributed by atoms with van der Waals surface area (Å²) in [5.41, 5.74) is 0.372. The molecule has 1 atom stereocenters. The van der Waals surface area contributed by atoms with Crippen molar-refractivity contribution in [3.8, 4) is 0 Å². The maximum absolute atomic E-state index is 12.7. The van der Waals surface area contributed by atoms with Gasteiger partial charge in [0.1, 0.15) is 0 Å². The first kappa shape index (κ1) is 17.7. The number of nitrogens with one attached hydrogen (secondary N) is 1. The zero-order valence-electron chi connectivity index (χ0n) is 14.9. The van der Waals surface area contributed by atoms with Crippen molar-refractivity contribution in [2.45, 2.75) is 51.5 Å². The Kier molecular flexibility index (Phi) is 5.76. The minimum Gasteiger partial charge on any atom is -0.381 e. The summed E-state index contributed by atoms with van der Waals surface area (Å²) in [4.78, 5) is 28.2. The lowest BCUT2D eigenvalue weighted by atomic mass is 9.74. The van der Waals surface area contributed by atoms with Crippen molar-refractivity contribution >= 4 is 11.8 Å². The lowest BCUT2D eigenvalue weighted by molar-refractivity contribution is -0.136. The zero-order valence-corrected chi connectivity index (χ0v) is 14.9. The molecule has 0 aliphatic carbocycles. The summed E-state index contributed by atoms with van der Waals surface area (Å²) >= 11 is 0. The molecule has 0 saturated carbocycles. The van der Waals surface area contributed by atoms with E-state index in [1.54, 1.807) is 6.92 Å². The molecule has 0 aromatic carbocycles. The van der Waals surface area contributed by atoms with E-state index in [1.165, 1.54) is 12.8 Å². The Morgan fingerprint density at radius 2 is 1.96 bits per heavy atom. The molecule has 1 unspecified atom stereocenters. The van der Waals surface area contributed by atoms with Gasteiger partial charge >= 0.3 is 0 Å².